The first kappa shape index (κ1) is 19.0. The Kier molecular flexibility index (Phi) is 5.44. The molecule has 1 N–H and O–H groups in total. The smallest absolute Gasteiger partial charge is 0.257 e. The van der Waals surface area contributed by atoms with Gasteiger partial charge in [0.15, 0.2) is 5.13 Å². The Hall–Kier alpha value is -3.38. The zero-order valence-corrected chi connectivity index (χ0v) is 17.0. The van der Waals surface area contributed by atoms with E-state index < -0.39 is 0 Å². The zero-order chi connectivity index (χ0) is 20.2. The van der Waals surface area contributed by atoms with Crippen molar-refractivity contribution in [2.75, 3.05) is 19.5 Å². The Labute approximate surface area is 172 Å². The number of fused-ring (bicyclic) bond motifs is 1. The average molecular weight is 404 g/mol. The summed E-state index contributed by atoms with van der Waals surface area (Å²) in [4.78, 5) is 17.2. The van der Waals surface area contributed by atoms with Crippen LogP contribution in [0.25, 0.3) is 10.2 Å². The average Bonchev–Trinajstić information content (AvgIpc) is 3.18. The van der Waals surface area contributed by atoms with Crippen molar-refractivity contribution >= 4 is 32.6 Å². The Bertz CT molecular complexity index is 1100. The van der Waals surface area contributed by atoms with Crippen molar-refractivity contribution in [1.82, 2.24) is 4.98 Å². The standard InChI is InChI=1S/C23H20N2O3S/c1-27-18-12-13-19(28-2)21-20(18)24-23(29-21)25-22(26)17-10-8-16(9-11-17)14-15-6-4-3-5-7-15/h3-13H,14H2,1-2H3,(H,24,25,26). The van der Waals surface area contributed by atoms with Gasteiger partial charge in [0, 0.05) is 5.56 Å². The van der Waals surface area contributed by atoms with E-state index in [0.29, 0.717) is 27.7 Å². The molecular formula is C23H20N2O3S. The van der Waals surface area contributed by atoms with Crippen LogP contribution in [0.4, 0.5) is 5.13 Å². The van der Waals surface area contributed by atoms with Gasteiger partial charge in [-0.1, -0.05) is 53.8 Å². The molecule has 6 heteroatoms. The molecule has 4 aromatic rings. The van der Waals surface area contributed by atoms with Crippen LogP contribution in [0.1, 0.15) is 21.5 Å². The third-order valence-corrected chi connectivity index (χ3v) is 5.58. The van der Waals surface area contributed by atoms with Crippen LogP contribution >= 0.6 is 11.3 Å². The Morgan fingerprint density at radius 3 is 2.24 bits per heavy atom. The Morgan fingerprint density at radius 2 is 1.55 bits per heavy atom. The number of benzene rings is 3. The van der Waals surface area contributed by atoms with Gasteiger partial charge in [0.25, 0.3) is 5.91 Å². The SMILES string of the molecule is COc1ccc(OC)c2sc(NC(=O)c3ccc(Cc4ccccc4)cc3)nc12. The maximum Gasteiger partial charge on any atom is 0.257 e. The Morgan fingerprint density at radius 1 is 0.897 bits per heavy atom. The number of carbonyl (C=O) groups excluding carboxylic acids is 1. The molecule has 0 aliphatic rings. The lowest BCUT2D eigenvalue weighted by Crippen LogP contribution is -2.11. The fraction of sp³-hybridized carbons (Fsp3) is 0.130. The van der Waals surface area contributed by atoms with Crippen LogP contribution in [0.15, 0.2) is 66.7 Å². The van der Waals surface area contributed by atoms with Crippen LogP contribution in [0.3, 0.4) is 0 Å². The van der Waals surface area contributed by atoms with Gasteiger partial charge in [-0.25, -0.2) is 4.98 Å². The summed E-state index contributed by atoms with van der Waals surface area (Å²) in [5.41, 5.74) is 3.65. The van der Waals surface area contributed by atoms with Crippen LogP contribution in [0, 0.1) is 0 Å². The molecule has 5 nitrogen and oxygen atoms in total. The number of hydrogen-bond acceptors (Lipinski definition) is 5. The summed E-state index contributed by atoms with van der Waals surface area (Å²) in [6, 6.07) is 21.5. The van der Waals surface area contributed by atoms with Gasteiger partial charge in [-0.15, -0.1) is 0 Å². The monoisotopic (exact) mass is 404 g/mol. The number of nitrogens with one attached hydrogen (secondary N) is 1. The largest absolute Gasteiger partial charge is 0.495 e. The van der Waals surface area contributed by atoms with Gasteiger partial charge in [-0.3, -0.25) is 10.1 Å². The minimum absolute atomic E-state index is 0.201. The third kappa shape index (κ3) is 4.07. The van der Waals surface area contributed by atoms with E-state index in [9.17, 15) is 4.79 Å². The molecule has 0 saturated carbocycles. The molecule has 0 saturated heterocycles. The van der Waals surface area contributed by atoms with Crippen LogP contribution in [0.2, 0.25) is 0 Å². The normalized spacial score (nSPS) is 10.7. The second-order valence-corrected chi connectivity index (χ2v) is 7.48. The van der Waals surface area contributed by atoms with Crippen molar-refractivity contribution in [2.45, 2.75) is 6.42 Å². The number of nitrogens with zero attached hydrogens (tertiary/aromatic N) is 1. The third-order valence-electron chi connectivity index (χ3n) is 4.60. The summed E-state index contributed by atoms with van der Waals surface area (Å²) in [5.74, 6) is 1.14. The quantitative estimate of drug-likeness (QED) is 0.482. The van der Waals surface area contributed by atoms with Crippen molar-refractivity contribution in [1.29, 1.82) is 0 Å². The van der Waals surface area contributed by atoms with E-state index in [4.69, 9.17) is 9.47 Å². The molecular weight excluding hydrogens is 384 g/mol. The number of carbonyl (C=O) groups is 1. The number of thiazole rings is 1. The lowest BCUT2D eigenvalue weighted by Gasteiger charge is -2.05. The van der Waals surface area contributed by atoms with Crippen molar-refractivity contribution < 1.29 is 14.3 Å². The van der Waals surface area contributed by atoms with E-state index in [1.807, 2.05) is 48.5 Å². The summed E-state index contributed by atoms with van der Waals surface area (Å²) in [5, 5.41) is 3.38. The molecule has 0 radical (unpaired) electrons. The number of amides is 1. The summed E-state index contributed by atoms with van der Waals surface area (Å²) in [7, 11) is 3.20. The Balaban J connectivity index is 1.52. The van der Waals surface area contributed by atoms with E-state index in [1.165, 1.54) is 16.9 Å². The zero-order valence-electron chi connectivity index (χ0n) is 16.1. The van der Waals surface area contributed by atoms with E-state index in [-0.39, 0.29) is 5.91 Å². The number of aromatic nitrogens is 1. The molecule has 0 aliphatic heterocycles. The molecule has 1 heterocycles. The van der Waals surface area contributed by atoms with Crippen molar-refractivity contribution in [2.24, 2.45) is 0 Å². The van der Waals surface area contributed by atoms with Gasteiger partial charge in [0.1, 0.15) is 21.7 Å². The highest BCUT2D eigenvalue weighted by molar-refractivity contribution is 7.22. The first-order valence-electron chi connectivity index (χ1n) is 9.13. The highest BCUT2D eigenvalue weighted by Gasteiger charge is 2.16. The van der Waals surface area contributed by atoms with Gasteiger partial charge in [0.2, 0.25) is 0 Å². The molecule has 3 aromatic carbocycles. The van der Waals surface area contributed by atoms with Crippen LogP contribution in [-0.4, -0.2) is 25.1 Å². The van der Waals surface area contributed by atoms with Crippen LogP contribution in [-0.2, 0) is 6.42 Å². The van der Waals surface area contributed by atoms with Crippen molar-refractivity contribution in [3.63, 3.8) is 0 Å². The molecule has 146 valence electrons. The fourth-order valence-corrected chi connectivity index (χ4v) is 4.08. The molecule has 0 fully saturated rings. The van der Waals surface area contributed by atoms with Crippen molar-refractivity contribution in [3.8, 4) is 11.5 Å². The first-order valence-corrected chi connectivity index (χ1v) is 9.95. The summed E-state index contributed by atoms with van der Waals surface area (Å²) >= 11 is 1.36. The molecule has 0 bridgehead atoms. The van der Waals surface area contributed by atoms with Crippen LogP contribution < -0.4 is 14.8 Å². The number of hydrogen-bond donors (Lipinski definition) is 1. The maximum atomic E-state index is 12.7. The van der Waals surface area contributed by atoms with Gasteiger partial charge in [0.05, 0.1) is 14.2 Å². The van der Waals surface area contributed by atoms with Crippen LogP contribution in [0.5, 0.6) is 11.5 Å². The number of ether oxygens (including phenoxy) is 2. The van der Waals surface area contributed by atoms with Gasteiger partial charge in [-0.05, 0) is 41.8 Å². The van der Waals surface area contributed by atoms with E-state index >= 15 is 0 Å². The fourth-order valence-electron chi connectivity index (χ4n) is 3.11. The molecule has 0 unspecified atom stereocenters. The summed E-state index contributed by atoms with van der Waals surface area (Å²) in [6.07, 6.45) is 0.834. The lowest BCUT2D eigenvalue weighted by atomic mass is 10.0. The van der Waals surface area contributed by atoms with E-state index in [1.54, 1.807) is 20.3 Å². The second kappa shape index (κ2) is 8.32. The molecule has 0 atom stereocenters. The van der Waals surface area contributed by atoms with Crippen molar-refractivity contribution in [3.05, 3.63) is 83.4 Å². The molecule has 4 rings (SSSR count). The lowest BCUT2D eigenvalue weighted by molar-refractivity contribution is 0.102. The topological polar surface area (TPSA) is 60.5 Å². The van der Waals surface area contributed by atoms with Gasteiger partial charge in [-0.2, -0.15) is 0 Å². The summed E-state index contributed by atoms with van der Waals surface area (Å²) in [6.45, 7) is 0. The molecule has 1 aromatic heterocycles. The predicted octanol–water partition coefficient (Wildman–Crippen LogP) is 5.16. The molecule has 0 aliphatic carbocycles. The minimum atomic E-state index is -0.201. The van der Waals surface area contributed by atoms with E-state index in [0.717, 1.165) is 16.7 Å². The maximum absolute atomic E-state index is 12.7. The minimum Gasteiger partial charge on any atom is -0.495 e. The summed E-state index contributed by atoms with van der Waals surface area (Å²) < 4.78 is 11.6. The van der Waals surface area contributed by atoms with Gasteiger partial charge >= 0.3 is 0 Å². The highest BCUT2D eigenvalue weighted by Crippen LogP contribution is 2.38. The predicted molar refractivity (Wildman–Crippen MR) is 116 cm³/mol. The second-order valence-electron chi connectivity index (χ2n) is 6.48. The molecule has 0 spiro atoms. The molecule has 29 heavy (non-hydrogen) atoms. The first-order chi connectivity index (χ1) is 14.2. The molecule has 1 amide bonds. The number of methoxy groups -OCH3 is 2. The van der Waals surface area contributed by atoms with Gasteiger partial charge < -0.3 is 9.47 Å². The number of rotatable bonds is 6. The highest BCUT2D eigenvalue weighted by atomic mass is 32.1. The van der Waals surface area contributed by atoms with E-state index in [2.05, 4.69) is 22.4 Å². The number of anilines is 1.